The third kappa shape index (κ3) is 2.58. The van der Waals surface area contributed by atoms with Crippen LogP contribution in [0.15, 0.2) is 24.5 Å². The minimum atomic E-state index is -0.528. The predicted octanol–water partition coefficient (Wildman–Crippen LogP) is 1.84. The number of nitrogens with one attached hydrogen (secondary N) is 1. The van der Waals surface area contributed by atoms with Gasteiger partial charge in [0.15, 0.2) is 0 Å². The molecular formula is C14H16N4O. The number of nitrogens with zero attached hydrogens (tertiary/aromatic N) is 3. The van der Waals surface area contributed by atoms with Crippen LogP contribution in [0.25, 0.3) is 11.0 Å². The van der Waals surface area contributed by atoms with Crippen molar-refractivity contribution in [2.24, 2.45) is 7.05 Å². The third-order valence-corrected chi connectivity index (χ3v) is 3.14. The first-order valence-electron chi connectivity index (χ1n) is 6.03. The number of imidazole rings is 1. The van der Waals surface area contributed by atoms with Gasteiger partial charge in [-0.1, -0.05) is 6.07 Å². The second-order valence-corrected chi connectivity index (χ2v) is 5.07. The van der Waals surface area contributed by atoms with E-state index in [2.05, 4.69) is 10.3 Å². The Hall–Kier alpha value is -2.35. The molecule has 0 saturated carbocycles. The van der Waals surface area contributed by atoms with Gasteiger partial charge in [0.05, 0.1) is 29.0 Å². The summed E-state index contributed by atoms with van der Waals surface area (Å²) in [4.78, 5) is 15.9. The van der Waals surface area contributed by atoms with Gasteiger partial charge in [0.2, 0.25) is 5.91 Å². The maximum absolute atomic E-state index is 11.5. The van der Waals surface area contributed by atoms with Crippen molar-refractivity contribution in [3.8, 4) is 6.07 Å². The van der Waals surface area contributed by atoms with Crippen LogP contribution in [0, 0.1) is 11.3 Å². The molecule has 2 rings (SSSR count). The van der Waals surface area contributed by atoms with Gasteiger partial charge in [0, 0.05) is 7.05 Å². The zero-order chi connectivity index (χ0) is 14.0. The Balaban J connectivity index is 2.32. The summed E-state index contributed by atoms with van der Waals surface area (Å²) in [6, 6.07) is 7.76. The molecule has 5 nitrogen and oxygen atoms in total. The number of hydrogen-bond acceptors (Lipinski definition) is 3. The quantitative estimate of drug-likeness (QED) is 0.910. The highest BCUT2D eigenvalue weighted by molar-refractivity contribution is 5.80. The highest BCUT2D eigenvalue weighted by Gasteiger charge is 2.23. The summed E-state index contributed by atoms with van der Waals surface area (Å²) in [5.74, 6) is -0.270. The van der Waals surface area contributed by atoms with Gasteiger partial charge in [-0.25, -0.2) is 4.98 Å². The fourth-order valence-corrected chi connectivity index (χ4v) is 2.06. The van der Waals surface area contributed by atoms with Crippen LogP contribution < -0.4 is 5.32 Å². The summed E-state index contributed by atoms with van der Waals surface area (Å²) in [5.41, 5.74) is 2.37. The second-order valence-electron chi connectivity index (χ2n) is 5.07. The van der Waals surface area contributed by atoms with E-state index < -0.39 is 5.54 Å². The molecule has 1 aromatic carbocycles. The van der Waals surface area contributed by atoms with Crippen LogP contribution in [0.1, 0.15) is 25.8 Å². The van der Waals surface area contributed by atoms with Gasteiger partial charge in [0.1, 0.15) is 6.42 Å². The molecule has 0 fully saturated rings. The van der Waals surface area contributed by atoms with Gasteiger partial charge in [-0.2, -0.15) is 5.26 Å². The van der Waals surface area contributed by atoms with E-state index in [-0.39, 0.29) is 12.3 Å². The fourth-order valence-electron chi connectivity index (χ4n) is 2.06. The minimum Gasteiger partial charge on any atom is -0.346 e. The fraction of sp³-hybridized carbons (Fsp3) is 0.357. The largest absolute Gasteiger partial charge is 0.346 e. The average Bonchev–Trinajstić information content (AvgIpc) is 2.70. The topological polar surface area (TPSA) is 70.7 Å². The van der Waals surface area contributed by atoms with Gasteiger partial charge >= 0.3 is 0 Å². The lowest BCUT2D eigenvalue weighted by Gasteiger charge is -2.26. The summed E-state index contributed by atoms with van der Waals surface area (Å²) >= 11 is 0. The highest BCUT2D eigenvalue weighted by atomic mass is 16.1. The van der Waals surface area contributed by atoms with Crippen molar-refractivity contribution in [2.75, 3.05) is 0 Å². The maximum Gasteiger partial charge on any atom is 0.234 e. The number of carbonyl (C=O) groups excluding carboxylic acids is 1. The smallest absolute Gasteiger partial charge is 0.234 e. The number of nitriles is 1. The number of benzene rings is 1. The first kappa shape index (κ1) is 13.1. The van der Waals surface area contributed by atoms with Gasteiger partial charge in [-0.3, -0.25) is 4.79 Å². The van der Waals surface area contributed by atoms with E-state index in [4.69, 9.17) is 5.26 Å². The number of amides is 1. The number of rotatable bonds is 3. The van der Waals surface area contributed by atoms with Gasteiger partial charge in [0.25, 0.3) is 0 Å². The molecule has 0 unspecified atom stereocenters. The van der Waals surface area contributed by atoms with Crippen molar-refractivity contribution in [3.63, 3.8) is 0 Å². The molecule has 2 aromatic rings. The Morgan fingerprint density at radius 3 is 2.95 bits per heavy atom. The summed E-state index contributed by atoms with van der Waals surface area (Å²) in [5, 5.41) is 11.4. The van der Waals surface area contributed by atoms with E-state index in [1.807, 2.05) is 49.7 Å². The van der Waals surface area contributed by atoms with Crippen molar-refractivity contribution < 1.29 is 4.79 Å². The van der Waals surface area contributed by atoms with Crippen LogP contribution in [0.4, 0.5) is 0 Å². The van der Waals surface area contributed by atoms with Crippen molar-refractivity contribution in [2.45, 2.75) is 25.8 Å². The van der Waals surface area contributed by atoms with E-state index in [1.54, 1.807) is 6.33 Å². The summed E-state index contributed by atoms with van der Waals surface area (Å²) < 4.78 is 1.94. The molecule has 0 aliphatic heterocycles. The minimum absolute atomic E-state index is 0.130. The van der Waals surface area contributed by atoms with E-state index >= 15 is 0 Å². The summed E-state index contributed by atoms with van der Waals surface area (Å²) in [6.07, 6.45) is 1.63. The van der Waals surface area contributed by atoms with Crippen LogP contribution in [-0.2, 0) is 17.4 Å². The zero-order valence-electron chi connectivity index (χ0n) is 11.3. The van der Waals surface area contributed by atoms with Crippen molar-refractivity contribution >= 4 is 16.9 Å². The molecule has 0 spiro atoms. The van der Waals surface area contributed by atoms with E-state index in [9.17, 15) is 4.79 Å². The molecule has 0 aliphatic carbocycles. The second kappa shape index (κ2) is 4.73. The number of carbonyl (C=O) groups is 1. The number of aryl methyl sites for hydroxylation is 1. The third-order valence-electron chi connectivity index (χ3n) is 3.14. The lowest BCUT2D eigenvalue weighted by Crippen LogP contribution is -2.40. The Labute approximate surface area is 111 Å². The van der Waals surface area contributed by atoms with Crippen LogP contribution in [0.5, 0.6) is 0 Å². The standard InChI is InChI=1S/C14H16N4O/c1-14(2,17-13(19)6-7-15)10-4-5-12-11(8-10)16-9-18(12)3/h4-5,8-9H,6H2,1-3H3,(H,17,19). The first-order valence-corrected chi connectivity index (χ1v) is 6.03. The molecule has 98 valence electrons. The molecule has 0 bridgehead atoms. The van der Waals surface area contributed by atoms with Crippen molar-refractivity contribution in [1.82, 2.24) is 14.9 Å². The van der Waals surface area contributed by atoms with Gasteiger partial charge in [-0.05, 0) is 31.5 Å². The van der Waals surface area contributed by atoms with Gasteiger partial charge < -0.3 is 9.88 Å². The van der Waals surface area contributed by atoms with E-state index in [0.29, 0.717) is 0 Å². The lowest BCUT2D eigenvalue weighted by molar-refractivity contribution is -0.121. The molecule has 5 heteroatoms. The number of hydrogen-bond donors (Lipinski definition) is 1. The maximum atomic E-state index is 11.5. The molecule has 19 heavy (non-hydrogen) atoms. The average molecular weight is 256 g/mol. The number of fused-ring (bicyclic) bond motifs is 1. The van der Waals surface area contributed by atoms with Crippen LogP contribution >= 0.6 is 0 Å². The SMILES string of the molecule is Cn1cnc2cc(C(C)(C)NC(=O)CC#N)ccc21. The van der Waals surface area contributed by atoms with Crippen LogP contribution in [-0.4, -0.2) is 15.5 Å². The Morgan fingerprint density at radius 2 is 2.26 bits per heavy atom. The first-order chi connectivity index (χ1) is 8.94. The van der Waals surface area contributed by atoms with Crippen LogP contribution in [0.3, 0.4) is 0 Å². The molecule has 0 radical (unpaired) electrons. The predicted molar refractivity (Wildman–Crippen MR) is 72.1 cm³/mol. The Morgan fingerprint density at radius 1 is 1.53 bits per heavy atom. The molecular weight excluding hydrogens is 240 g/mol. The normalized spacial score (nSPS) is 11.3. The van der Waals surface area contributed by atoms with Crippen molar-refractivity contribution in [3.05, 3.63) is 30.1 Å². The molecule has 0 saturated heterocycles. The number of aromatic nitrogens is 2. The van der Waals surface area contributed by atoms with E-state index in [1.165, 1.54) is 0 Å². The van der Waals surface area contributed by atoms with Crippen molar-refractivity contribution in [1.29, 1.82) is 5.26 Å². The summed E-state index contributed by atoms with van der Waals surface area (Å²) in [7, 11) is 1.94. The molecule has 1 amide bonds. The summed E-state index contributed by atoms with van der Waals surface area (Å²) in [6.45, 7) is 3.82. The highest BCUT2D eigenvalue weighted by Crippen LogP contribution is 2.23. The Bertz CT molecular complexity index is 664. The lowest BCUT2D eigenvalue weighted by atomic mass is 9.93. The molecule has 0 aliphatic rings. The van der Waals surface area contributed by atoms with Crippen LogP contribution in [0.2, 0.25) is 0 Å². The molecule has 1 aromatic heterocycles. The van der Waals surface area contributed by atoms with Gasteiger partial charge in [-0.15, -0.1) is 0 Å². The Kier molecular flexibility index (Phi) is 3.26. The molecule has 1 N–H and O–H groups in total. The zero-order valence-corrected chi connectivity index (χ0v) is 11.3. The monoisotopic (exact) mass is 256 g/mol. The molecule has 0 atom stereocenters. The van der Waals surface area contributed by atoms with E-state index in [0.717, 1.165) is 16.6 Å². The molecule has 1 heterocycles.